The third-order valence-electron chi connectivity index (χ3n) is 3.48. The molecule has 1 heterocycles. The minimum absolute atomic E-state index is 0.0695. The summed E-state index contributed by atoms with van der Waals surface area (Å²) in [6, 6.07) is 8.73. The Hall–Kier alpha value is -1.88. The van der Waals surface area contributed by atoms with Crippen molar-refractivity contribution in [1.29, 1.82) is 0 Å². The second kappa shape index (κ2) is 7.78. The smallest absolute Gasteiger partial charge is 0.250 e. The summed E-state index contributed by atoms with van der Waals surface area (Å²) in [7, 11) is 0. The monoisotopic (exact) mass is 290 g/mol. The molecule has 1 aliphatic rings. The van der Waals surface area contributed by atoms with E-state index in [9.17, 15) is 9.59 Å². The predicted molar refractivity (Wildman–Crippen MR) is 79.6 cm³/mol. The average molecular weight is 290 g/mol. The highest BCUT2D eigenvalue weighted by atomic mass is 16.5. The number of unbranched alkanes of at least 4 members (excludes halogenated alkanes) is 1. The van der Waals surface area contributed by atoms with E-state index >= 15 is 0 Å². The maximum Gasteiger partial charge on any atom is 0.250 e. The van der Waals surface area contributed by atoms with Crippen LogP contribution in [0.4, 0.5) is 0 Å². The summed E-state index contributed by atoms with van der Waals surface area (Å²) >= 11 is 0. The Balaban J connectivity index is 1.93. The van der Waals surface area contributed by atoms with Gasteiger partial charge < -0.3 is 15.0 Å². The fraction of sp³-hybridized carbons (Fsp3) is 0.500. The quantitative estimate of drug-likeness (QED) is 0.774. The molecule has 21 heavy (non-hydrogen) atoms. The largest absolute Gasteiger partial charge is 0.380 e. The highest BCUT2D eigenvalue weighted by molar-refractivity contribution is 5.95. The summed E-state index contributed by atoms with van der Waals surface area (Å²) in [5.41, 5.74) is 0.812. The van der Waals surface area contributed by atoms with Crippen molar-refractivity contribution >= 4 is 11.8 Å². The van der Waals surface area contributed by atoms with Gasteiger partial charge in [-0.1, -0.05) is 43.7 Å². The van der Waals surface area contributed by atoms with Crippen LogP contribution < -0.4 is 5.32 Å². The minimum Gasteiger partial charge on any atom is -0.380 e. The number of hydrogen-bond acceptors (Lipinski definition) is 3. The van der Waals surface area contributed by atoms with Gasteiger partial charge in [0.05, 0.1) is 13.2 Å². The maximum absolute atomic E-state index is 12.4. The van der Waals surface area contributed by atoms with Gasteiger partial charge in [-0.2, -0.15) is 0 Å². The molecule has 1 unspecified atom stereocenters. The minimum atomic E-state index is -0.580. The van der Waals surface area contributed by atoms with Gasteiger partial charge in [-0.15, -0.1) is 0 Å². The van der Waals surface area contributed by atoms with Crippen LogP contribution in [0.5, 0.6) is 0 Å². The molecule has 1 fully saturated rings. The highest BCUT2D eigenvalue weighted by Gasteiger charge is 2.33. The number of hydrogen-bond donors (Lipinski definition) is 1. The van der Waals surface area contributed by atoms with E-state index in [1.165, 1.54) is 0 Å². The van der Waals surface area contributed by atoms with Crippen LogP contribution in [-0.4, -0.2) is 43.0 Å². The van der Waals surface area contributed by atoms with E-state index in [0.29, 0.717) is 19.8 Å². The molecular weight excluding hydrogens is 268 g/mol. The molecule has 0 aliphatic carbocycles. The zero-order chi connectivity index (χ0) is 15.1. The molecule has 1 aromatic carbocycles. The molecule has 1 saturated heterocycles. The van der Waals surface area contributed by atoms with Gasteiger partial charge in [0, 0.05) is 13.2 Å². The molecule has 114 valence electrons. The zero-order valence-electron chi connectivity index (χ0n) is 12.4. The molecule has 5 heteroatoms. The first-order valence-corrected chi connectivity index (χ1v) is 7.43. The van der Waals surface area contributed by atoms with Gasteiger partial charge >= 0.3 is 0 Å². The van der Waals surface area contributed by atoms with E-state index in [1.807, 2.05) is 30.3 Å². The van der Waals surface area contributed by atoms with Crippen LogP contribution in [0.1, 0.15) is 31.4 Å². The third kappa shape index (κ3) is 4.29. The number of nitrogens with one attached hydrogen (secondary N) is 1. The lowest BCUT2D eigenvalue weighted by atomic mass is 10.0. The molecule has 1 aliphatic heterocycles. The Bertz CT molecular complexity index is 476. The van der Waals surface area contributed by atoms with Crippen molar-refractivity contribution in [2.75, 3.05) is 26.3 Å². The number of ether oxygens (including phenoxy) is 1. The van der Waals surface area contributed by atoms with E-state index in [-0.39, 0.29) is 18.4 Å². The van der Waals surface area contributed by atoms with Crippen molar-refractivity contribution in [3.8, 4) is 0 Å². The molecule has 0 bridgehead atoms. The summed E-state index contributed by atoms with van der Waals surface area (Å²) in [5.74, 6) is -0.197. The molecule has 5 nitrogen and oxygen atoms in total. The first kappa shape index (κ1) is 15.5. The van der Waals surface area contributed by atoms with Crippen LogP contribution in [-0.2, 0) is 14.3 Å². The molecule has 0 spiro atoms. The Kier molecular flexibility index (Phi) is 5.75. The van der Waals surface area contributed by atoms with Gasteiger partial charge in [-0.25, -0.2) is 0 Å². The van der Waals surface area contributed by atoms with Gasteiger partial charge in [0.25, 0.3) is 0 Å². The van der Waals surface area contributed by atoms with Crippen molar-refractivity contribution in [3.63, 3.8) is 0 Å². The lowest BCUT2D eigenvalue weighted by Gasteiger charge is -2.32. The Morgan fingerprint density at radius 2 is 2.00 bits per heavy atom. The van der Waals surface area contributed by atoms with Gasteiger partial charge in [-0.05, 0) is 12.0 Å². The SMILES string of the molecule is CCCCOCCN1CC(=O)NC(c2ccccc2)C1=O. The Labute approximate surface area is 125 Å². The number of nitrogens with zero attached hydrogens (tertiary/aromatic N) is 1. The number of rotatable bonds is 7. The number of amides is 2. The van der Waals surface area contributed by atoms with Crippen molar-refractivity contribution < 1.29 is 14.3 Å². The standard InChI is InChI=1S/C16H22N2O3/c1-2-3-10-21-11-9-18-12-14(19)17-15(16(18)20)13-7-5-4-6-8-13/h4-8,15H,2-3,9-12H2,1H3,(H,17,19). The van der Waals surface area contributed by atoms with Crippen LogP contribution in [0, 0.1) is 0 Å². The zero-order valence-corrected chi connectivity index (χ0v) is 12.4. The van der Waals surface area contributed by atoms with E-state index in [2.05, 4.69) is 12.2 Å². The topological polar surface area (TPSA) is 58.6 Å². The molecule has 0 aromatic heterocycles. The number of carbonyl (C=O) groups excluding carboxylic acids is 2. The fourth-order valence-corrected chi connectivity index (χ4v) is 2.29. The second-order valence-corrected chi connectivity index (χ2v) is 5.14. The second-order valence-electron chi connectivity index (χ2n) is 5.14. The summed E-state index contributed by atoms with van der Waals surface area (Å²) in [5, 5.41) is 2.75. The first-order valence-electron chi connectivity index (χ1n) is 7.43. The van der Waals surface area contributed by atoms with Crippen LogP contribution in [0.15, 0.2) is 30.3 Å². The first-order chi connectivity index (χ1) is 10.2. The van der Waals surface area contributed by atoms with Gasteiger partial charge in [0.1, 0.15) is 6.04 Å². The van der Waals surface area contributed by atoms with Crippen LogP contribution in [0.3, 0.4) is 0 Å². The molecular formula is C16H22N2O3. The molecule has 2 rings (SSSR count). The van der Waals surface area contributed by atoms with Gasteiger partial charge in [-0.3, -0.25) is 9.59 Å². The summed E-state index contributed by atoms with van der Waals surface area (Å²) < 4.78 is 5.48. The lowest BCUT2D eigenvalue weighted by molar-refractivity contribution is -0.145. The van der Waals surface area contributed by atoms with Crippen LogP contribution in [0.2, 0.25) is 0 Å². The molecule has 1 N–H and O–H groups in total. The van der Waals surface area contributed by atoms with Gasteiger partial charge in [0.15, 0.2) is 0 Å². The predicted octanol–water partition coefficient (Wildman–Crippen LogP) is 1.50. The number of piperazine rings is 1. The van der Waals surface area contributed by atoms with E-state index in [1.54, 1.807) is 4.90 Å². The Morgan fingerprint density at radius 3 is 2.71 bits per heavy atom. The van der Waals surface area contributed by atoms with E-state index < -0.39 is 6.04 Å². The molecule has 2 amide bonds. The number of carbonyl (C=O) groups is 2. The average Bonchev–Trinajstić information content (AvgIpc) is 2.51. The van der Waals surface area contributed by atoms with E-state index in [4.69, 9.17) is 4.74 Å². The number of benzene rings is 1. The summed E-state index contributed by atoms with van der Waals surface area (Å²) in [4.78, 5) is 25.8. The highest BCUT2D eigenvalue weighted by Crippen LogP contribution is 2.18. The maximum atomic E-state index is 12.4. The van der Waals surface area contributed by atoms with E-state index in [0.717, 1.165) is 18.4 Å². The lowest BCUT2D eigenvalue weighted by Crippen LogP contribution is -2.54. The van der Waals surface area contributed by atoms with Crippen LogP contribution in [0.25, 0.3) is 0 Å². The van der Waals surface area contributed by atoms with Crippen molar-refractivity contribution in [1.82, 2.24) is 10.2 Å². The normalized spacial score (nSPS) is 18.7. The Morgan fingerprint density at radius 1 is 1.24 bits per heavy atom. The van der Waals surface area contributed by atoms with Crippen molar-refractivity contribution in [2.24, 2.45) is 0 Å². The third-order valence-corrected chi connectivity index (χ3v) is 3.48. The summed E-state index contributed by atoms with van der Waals surface area (Å²) in [6.07, 6.45) is 2.10. The molecule has 0 radical (unpaired) electrons. The molecule has 0 saturated carbocycles. The molecule has 1 atom stereocenters. The fourth-order valence-electron chi connectivity index (χ4n) is 2.29. The van der Waals surface area contributed by atoms with Crippen molar-refractivity contribution in [3.05, 3.63) is 35.9 Å². The van der Waals surface area contributed by atoms with Crippen LogP contribution >= 0.6 is 0 Å². The summed E-state index contributed by atoms with van der Waals surface area (Å²) in [6.45, 7) is 3.85. The van der Waals surface area contributed by atoms with Crippen molar-refractivity contribution in [2.45, 2.75) is 25.8 Å². The molecule has 1 aromatic rings. The van der Waals surface area contributed by atoms with Gasteiger partial charge in [0.2, 0.25) is 11.8 Å².